The fourth-order valence-corrected chi connectivity index (χ4v) is 6.19. The van der Waals surface area contributed by atoms with E-state index in [9.17, 15) is 27.5 Å². The van der Waals surface area contributed by atoms with Crippen LogP contribution in [0.15, 0.2) is 91.1 Å². The van der Waals surface area contributed by atoms with E-state index in [0.29, 0.717) is 22.3 Å². The Balaban J connectivity index is 1.70. The van der Waals surface area contributed by atoms with Gasteiger partial charge in [-0.3, -0.25) is 9.10 Å². The van der Waals surface area contributed by atoms with Crippen LogP contribution in [0.25, 0.3) is 27.9 Å². The molecule has 0 radical (unpaired) electrons. The van der Waals surface area contributed by atoms with Gasteiger partial charge in [0.05, 0.1) is 42.3 Å². The van der Waals surface area contributed by atoms with E-state index < -0.39 is 27.3 Å². The van der Waals surface area contributed by atoms with Gasteiger partial charge in [-0.15, -0.1) is 0 Å². The van der Waals surface area contributed by atoms with E-state index in [0.717, 1.165) is 16.1 Å². The van der Waals surface area contributed by atoms with Crippen molar-refractivity contribution in [1.82, 2.24) is 14.9 Å². The van der Waals surface area contributed by atoms with Crippen LogP contribution >= 0.6 is 0 Å². The molecular weight excluding hydrogens is 611 g/mol. The van der Waals surface area contributed by atoms with Crippen molar-refractivity contribution in [3.05, 3.63) is 114 Å². The largest absolute Gasteiger partial charge is 0.478 e. The topological polar surface area (TPSA) is 130 Å². The molecule has 5 aromatic rings. The third kappa shape index (κ3) is 6.63. The number of fused-ring (bicyclic) bond motifs is 1. The molecule has 0 saturated carbocycles. The number of nitrogens with one attached hydrogen (secondary N) is 1. The smallest absolute Gasteiger partial charge is 0.340 e. The van der Waals surface area contributed by atoms with Crippen molar-refractivity contribution in [3.8, 4) is 22.4 Å². The lowest BCUT2D eigenvalue weighted by molar-refractivity contribution is 0.0699. The summed E-state index contributed by atoms with van der Waals surface area (Å²) < 4.78 is 47.5. The van der Waals surface area contributed by atoms with Gasteiger partial charge in [0.2, 0.25) is 10.0 Å². The molecule has 0 spiro atoms. The van der Waals surface area contributed by atoms with E-state index in [4.69, 9.17) is 4.74 Å². The van der Waals surface area contributed by atoms with Crippen LogP contribution < -0.4 is 9.62 Å². The van der Waals surface area contributed by atoms with Crippen LogP contribution in [-0.4, -0.2) is 61.5 Å². The number of carboxylic acid groups (broad SMARTS) is 1. The fraction of sp³-hybridized carbons (Fsp3) is 0.206. The highest BCUT2D eigenvalue weighted by Crippen LogP contribution is 2.37. The average molecular weight is 645 g/mol. The van der Waals surface area contributed by atoms with Gasteiger partial charge in [0.25, 0.3) is 5.91 Å². The van der Waals surface area contributed by atoms with Crippen LogP contribution in [0.1, 0.15) is 40.1 Å². The Morgan fingerprint density at radius 1 is 1.00 bits per heavy atom. The molecule has 3 aromatic carbocycles. The van der Waals surface area contributed by atoms with Gasteiger partial charge in [0, 0.05) is 23.8 Å². The molecule has 2 aromatic heterocycles. The molecule has 10 nitrogen and oxygen atoms in total. The van der Waals surface area contributed by atoms with Gasteiger partial charge in [0.15, 0.2) is 0 Å². The summed E-state index contributed by atoms with van der Waals surface area (Å²) in [5, 5.41) is 17.8. The number of rotatable bonds is 11. The number of pyridine rings is 1. The monoisotopic (exact) mass is 644 g/mol. The van der Waals surface area contributed by atoms with Crippen molar-refractivity contribution in [2.45, 2.75) is 19.4 Å². The number of methoxy groups -OCH3 is 1. The number of amides is 1. The second-order valence-electron chi connectivity index (χ2n) is 11.3. The molecule has 0 aliphatic carbocycles. The van der Waals surface area contributed by atoms with E-state index >= 15 is 0 Å². The third-order valence-electron chi connectivity index (χ3n) is 7.61. The summed E-state index contributed by atoms with van der Waals surface area (Å²) in [6.07, 6.45) is 2.49. The molecule has 5 rings (SSSR count). The van der Waals surface area contributed by atoms with Crippen LogP contribution in [0.4, 0.5) is 10.1 Å². The van der Waals surface area contributed by atoms with E-state index in [1.54, 1.807) is 24.3 Å². The van der Waals surface area contributed by atoms with Crippen molar-refractivity contribution in [1.29, 1.82) is 0 Å². The predicted molar refractivity (Wildman–Crippen MR) is 174 cm³/mol. The van der Waals surface area contributed by atoms with Crippen molar-refractivity contribution < 1.29 is 32.2 Å². The summed E-state index contributed by atoms with van der Waals surface area (Å²) in [5.74, 6) is -2.12. The molecule has 0 bridgehead atoms. The van der Waals surface area contributed by atoms with Gasteiger partial charge in [-0.1, -0.05) is 42.5 Å². The van der Waals surface area contributed by atoms with Crippen molar-refractivity contribution in [2.75, 3.05) is 30.8 Å². The second kappa shape index (κ2) is 12.7. The number of carbonyl (C=O) groups is 2. The van der Waals surface area contributed by atoms with E-state index in [-0.39, 0.29) is 41.5 Å². The number of benzene rings is 3. The van der Waals surface area contributed by atoms with Gasteiger partial charge < -0.3 is 15.2 Å². The molecule has 0 aliphatic heterocycles. The molecule has 0 fully saturated rings. The summed E-state index contributed by atoms with van der Waals surface area (Å²) in [5.41, 5.74) is 2.00. The number of carbonyl (C=O) groups excluding carboxylic acids is 1. The van der Waals surface area contributed by atoms with Gasteiger partial charge in [-0.25, -0.2) is 22.1 Å². The third-order valence-corrected chi connectivity index (χ3v) is 8.79. The Morgan fingerprint density at radius 2 is 1.70 bits per heavy atom. The zero-order chi connectivity index (χ0) is 33.2. The fourth-order valence-electron chi connectivity index (χ4n) is 5.28. The zero-order valence-electron chi connectivity index (χ0n) is 25.7. The van der Waals surface area contributed by atoms with Crippen molar-refractivity contribution in [2.24, 2.45) is 0 Å². The van der Waals surface area contributed by atoms with Crippen molar-refractivity contribution in [3.63, 3.8) is 0 Å². The highest BCUT2D eigenvalue weighted by atomic mass is 32.2. The second-order valence-corrected chi connectivity index (χ2v) is 13.2. The lowest BCUT2D eigenvalue weighted by Crippen LogP contribution is -2.40. The lowest BCUT2D eigenvalue weighted by atomic mass is 9.93. The Hall–Kier alpha value is -5.07. The number of carboxylic acids is 1. The molecule has 46 heavy (non-hydrogen) atoms. The first-order chi connectivity index (χ1) is 21.8. The number of aromatic carboxylic acids is 1. The number of sulfonamides is 1. The summed E-state index contributed by atoms with van der Waals surface area (Å²) in [6, 6.07) is 23.0. The highest BCUT2D eigenvalue weighted by Gasteiger charge is 2.28. The van der Waals surface area contributed by atoms with E-state index in [1.807, 2.05) is 44.2 Å². The summed E-state index contributed by atoms with van der Waals surface area (Å²) >= 11 is 0. The number of ether oxygens (including phenoxy) is 1. The van der Waals surface area contributed by atoms with Gasteiger partial charge in [-0.2, -0.15) is 5.10 Å². The molecule has 2 N–H and O–H groups in total. The molecule has 1 amide bonds. The normalized spacial score (nSPS) is 11.8. The maximum atomic E-state index is 13.7. The number of hydrogen-bond donors (Lipinski definition) is 2. The maximum absolute atomic E-state index is 13.7. The number of halogens is 1. The first-order valence-corrected chi connectivity index (χ1v) is 16.2. The first-order valence-electron chi connectivity index (χ1n) is 14.3. The molecular formula is C34H33FN4O6S. The summed E-state index contributed by atoms with van der Waals surface area (Å²) in [6.45, 7) is 3.81. The van der Waals surface area contributed by atoms with Crippen LogP contribution in [0, 0.1) is 5.82 Å². The minimum Gasteiger partial charge on any atom is -0.478 e. The molecule has 0 saturated heterocycles. The minimum absolute atomic E-state index is 0.0445. The van der Waals surface area contributed by atoms with Crippen LogP contribution in [0.2, 0.25) is 0 Å². The first kappa shape index (κ1) is 32.3. The SMILES string of the molecule is COCCN(c1cn2nc(-c3ccc(F)cc3)c(C(=O)O)c2cc1-c1cccc(C(=O)NC(C)(C)c2ccccc2)c1)S(C)(=O)=O. The lowest BCUT2D eigenvalue weighted by Gasteiger charge is -2.27. The number of aromatic nitrogens is 2. The van der Waals surface area contributed by atoms with E-state index in [2.05, 4.69) is 10.4 Å². The van der Waals surface area contributed by atoms with Crippen LogP contribution in [0.3, 0.4) is 0 Å². The number of hydrogen-bond acceptors (Lipinski definition) is 6. The molecule has 12 heteroatoms. The number of nitrogens with zero attached hydrogens (tertiary/aromatic N) is 3. The molecule has 2 heterocycles. The van der Waals surface area contributed by atoms with Gasteiger partial charge >= 0.3 is 5.97 Å². The Labute approximate surface area is 266 Å². The van der Waals surface area contributed by atoms with Gasteiger partial charge in [-0.05, 0) is 67.4 Å². The molecule has 0 atom stereocenters. The van der Waals surface area contributed by atoms with Gasteiger partial charge in [0.1, 0.15) is 17.1 Å². The zero-order valence-corrected chi connectivity index (χ0v) is 26.5. The quantitative estimate of drug-likeness (QED) is 0.192. The Kier molecular flexibility index (Phi) is 8.95. The molecule has 238 valence electrons. The standard InChI is InChI=1S/C34H33FN4O6S/c1-34(2,25-11-6-5-7-12-25)36-32(40)24-10-8-9-23(19-24)27-20-28-30(33(41)42)31(22-13-15-26(35)16-14-22)37-38(28)21-29(27)39(17-18-45-3)46(4,43)44/h5-16,19-21H,17-18H2,1-4H3,(H,36,40)(H,41,42). The summed E-state index contributed by atoms with van der Waals surface area (Å²) in [7, 11) is -2.42. The molecule has 0 unspecified atom stereocenters. The Bertz CT molecular complexity index is 2030. The maximum Gasteiger partial charge on any atom is 0.340 e. The average Bonchev–Trinajstić information content (AvgIpc) is 3.39. The Morgan fingerprint density at radius 3 is 2.33 bits per heavy atom. The summed E-state index contributed by atoms with van der Waals surface area (Å²) in [4.78, 5) is 26.1. The predicted octanol–water partition coefficient (Wildman–Crippen LogP) is 5.58. The minimum atomic E-state index is -3.87. The number of anilines is 1. The van der Waals surface area contributed by atoms with Crippen LogP contribution in [0.5, 0.6) is 0 Å². The van der Waals surface area contributed by atoms with E-state index in [1.165, 1.54) is 48.2 Å². The van der Waals surface area contributed by atoms with Crippen molar-refractivity contribution >= 4 is 33.1 Å². The highest BCUT2D eigenvalue weighted by molar-refractivity contribution is 7.92. The van der Waals surface area contributed by atoms with Crippen LogP contribution in [-0.2, 0) is 20.3 Å². The molecule has 0 aliphatic rings.